The molecule has 2 amide bonds. The number of halogens is 1. The highest BCUT2D eigenvalue weighted by atomic mass is 35.5. The van der Waals surface area contributed by atoms with Gasteiger partial charge in [0.05, 0.1) is 24.2 Å². The van der Waals surface area contributed by atoms with Crippen LogP contribution >= 0.6 is 11.6 Å². The number of carbonyl (C=O) groups excluding carboxylic acids is 2. The van der Waals surface area contributed by atoms with Crippen LogP contribution in [-0.2, 0) is 32.4 Å². The molecule has 1 aliphatic carbocycles. The lowest BCUT2D eigenvalue weighted by atomic mass is 9.69. The van der Waals surface area contributed by atoms with E-state index in [2.05, 4.69) is 26.1 Å². The molecule has 5 rings (SSSR count). The van der Waals surface area contributed by atoms with Crippen LogP contribution in [0.15, 0.2) is 40.8 Å². The number of rotatable bonds is 3. The van der Waals surface area contributed by atoms with Gasteiger partial charge in [-0.25, -0.2) is 4.21 Å². The summed E-state index contributed by atoms with van der Waals surface area (Å²) in [6.07, 6.45) is 8.61. The van der Waals surface area contributed by atoms with Gasteiger partial charge in [-0.15, -0.1) is 4.36 Å². The fourth-order valence-electron chi connectivity index (χ4n) is 6.53. The van der Waals surface area contributed by atoms with E-state index in [1.807, 2.05) is 18.2 Å². The van der Waals surface area contributed by atoms with Crippen LogP contribution in [-0.4, -0.2) is 48.1 Å². The highest BCUT2D eigenvalue weighted by Gasteiger charge is 2.38. The number of hydrogen-bond acceptors (Lipinski definition) is 6. The number of methoxy groups -OCH3 is 1. The summed E-state index contributed by atoms with van der Waals surface area (Å²) < 4.78 is 32.9. The predicted octanol–water partition coefficient (Wildman–Crippen LogP) is 6.73. The number of benzene rings is 2. The molecule has 1 N–H and O–H groups in total. The van der Waals surface area contributed by atoms with E-state index in [0.29, 0.717) is 42.7 Å². The van der Waals surface area contributed by atoms with Gasteiger partial charge in [0.15, 0.2) is 0 Å². The maximum atomic E-state index is 13.8. The molecule has 8 nitrogen and oxygen atoms in total. The normalized spacial score (nSPS) is 26.8. The quantitative estimate of drug-likeness (QED) is 0.405. The summed E-state index contributed by atoms with van der Waals surface area (Å²) in [7, 11) is -1.47. The van der Waals surface area contributed by atoms with Crippen LogP contribution in [0.1, 0.15) is 86.2 Å². The Morgan fingerprint density at radius 2 is 1.95 bits per heavy atom. The molecule has 4 atom stereocenters. The van der Waals surface area contributed by atoms with Crippen molar-refractivity contribution in [2.45, 2.75) is 83.8 Å². The van der Waals surface area contributed by atoms with Crippen molar-refractivity contribution >= 4 is 39.0 Å². The topological polar surface area (TPSA) is 97.3 Å². The maximum Gasteiger partial charge on any atom is 0.286 e. The summed E-state index contributed by atoms with van der Waals surface area (Å²) in [6.45, 7) is 3.68. The Morgan fingerprint density at radius 3 is 2.72 bits per heavy atom. The molecule has 2 aliphatic heterocycles. The molecule has 2 aromatic carbocycles. The fraction of sp³-hybridized carbons (Fsp3) is 0.576. The molecule has 2 heterocycles. The average molecular weight is 630 g/mol. The zero-order chi connectivity index (χ0) is 30.4. The van der Waals surface area contributed by atoms with Crippen molar-refractivity contribution in [2.24, 2.45) is 16.2 Å². The predicted molar refractivity (Wildman–Crippen MR) is 171 cm³/mol. The lowest BCUT2D eigenvalue weighted by molar-refractivity contribution is -0.118. The Balaban J connectivity index is 1.61. The van der Waals surface area contributed by atoms with E-state index in [1.54, 1.807) is 20.1 Å². The number of nitrogens with zero attached hydrogens (tertiary/aromatic N) is 2. The molecule has 234 valence electrons. The zero-order valence-electron chi connectivity index (χ0n) is 25.3. The second-order valence-electron chi connectivity index (χ2n) is 12.0. The summed E-state index contributed by atoms with van der Waals surface area (Å²) in [4.78, 5) is 28.2. The van der Waals surface area contributed by atoms with Crippen molar-refractivity contribution in [3.63, 3.8) is 0 Å². The minimum absolute atomic E-state index is 0.133. The number of ether oxygens (including phenoxy) is 2. The molecule has 0 unspecified atom stereocenters. The van der Waals surface area contributed by atoms with E-state index in [1.165, 1.54) is 11.1 Å². The molecule has 3 aliphatic rings. The standard InChI is InChI=1S/C33H44ClN3O5S/c1-3-32(38)35-43(40)18-8-4-5-10-30(41-2)28-15-12-26(28)22-37-21-25-11-14-27(34)19-23(25)9-6-7-17-42-31-16-13-24(20-29(31)37)33(39)36-43/h11,13-14,16,19-20,26,28,30H,3-10,12,15,17-18,21-22H2,1-2H3,(H,35,36,38,39,40)/t26-,28+,30-,43+/m0/s1. The first kappa shape index (κ1) is 31.8. The summed E-state index contributed by atoms with van der Waals surface area (Å²) in [6, 6.07) is 11.5. The number of amides is 2. The first-order chi connectivity index (χ1) is 20.8. The van der Waals surface area contributed by atoms with Crippen LogP contribution in [0, 0.1) is 11.8 Å². The van der Waals surface area contributed by atoms with E-state index >= 15 is 0 Å². The summed E-state index contributed by atoms with van der Waals surface area (Å²) >= 11 is 6.42. The van der Waals surface area contributed by atoms with Crippen molar-refractivity contribution in [3.8, 4) is 5.75 Å². The smallest absolute Gasteiger partial charge is 0.286 e. The van der Waals surface area contributed by atoms with Gasteiger partial charge in [-0.05, 0) is 98.2 Å². The lowest BCUT2D eigenvalue weighted by Gasteiger charge is -2.44. The van der Waals surface area contributed by atoms with E-state index in [4.69, 9.17) is 21.1 Å². The molecule has 0 radical (unpaired) electrons. The van der Waals surface area contributed by atoms with Gasteiger partial charge in [0.25, 0.3) is 5.91 Å². The number of fused-ring (bicyclic) bond motifs is 3. The summed E-state index contributed by atoms with van der Waals surface area (Å²) in [5.41, 5.74) is 3.58. The largest absolute Gasteiger partial charge is 0.491 e. The highest BCUT2D eigenvalue weighted by molar-refractivity contribution is 7.92. The second-order valence-corrected chi connectivity index (χ2v) is 14.5. The Hall–Kier alpha value is -2.62. The molecule has 0 spiro atoms. The summed E-state index contributed by atoms with van der Waals surface area (Å²) in [5.74, 6) is 0.754. The first-order valence-corrected chi connectivity index (χ1v) is 17.8. The molecule has 10 heteroatoms. The van der Waals surface area contributed by atoms with E-state index < -0.39 is 15.8 Å². The van der Waals surface area contributed by atoms with Crippen molar-refractivity contribution in [1.82, 2.24) is 4.72 Å². The van der Waals surface area contributed by atoms with Crippen LogP contribution in [0.4, 0.5) is 5.69 Å². The molecule has 0 aromatic heterocycles. The molecule has 1 fully saturated rings. The van der Waals surface area contributed by atoms with Crippen molar-refractivity contribution in [1.29, 1.82) is 0 Å². The van der Waals surface area contributed by atoms with Gasteiger partial charge >= 0.3 is 0 Å². The molecule has 43 heavy (non-hydrogen) atoms. The SMILES string of the molecule is CCC(=O)N[S@@]1(=O)=NC(=O)c2ccc3c(c2)N(Cc2ccc(Cl)cc2CCCCO3)C[C@@H]2CC[C@H]2[C@@H](OC)CCCCC1. The first-order valence-electron chi connectivity index (χ1n) is 15.7. The number of aryl methyl sites for hydroxylation is 1. The molecular formula is C33H44ClN3O5S. The van der Waals surface area contributed by atoms with Gasteiger partial charge in [-0.2, -0.15) is 0 Å². The van der Waals surface area contributed by atoms with Crippen LogP contribution in [0.2, 0.25) is 5.02 Å². The highest BCUT2D eigenvalue weighted by Crippen LogP contribution is 2.42. The van der Waals surface area contributed by atoms with E-state index in [-0.39, 0.29) is 24.2 Å². The van der Waals surface area contributed by atoms with Crippen LogP contribution in [0.5, 0.6) is 5.75 Å². The maximum absolute atomic E-state index is 13.8. The van der Waals surface area contributed by atoms with Crippen molar-refractivity contribution in [3.05, 3.63) is 58.1 Å². The van der Waals surface area contributed by atoms with Gasteiger partial charge in [-0.3, -0.25) is 14.3 Å². The Bertz CT molecular complexity index is 1440. The third-order valence-electron chi connectivity index (χ3n) is 9.12. The third kappa shape index (κ3) is 7.91. The van der Waals surface area contributed by atoms with E-state index in [9.17, 15) is 13.8 Å². The Labute approximate surface area is 261 Å². The number of hydrogen-bond donors (Lipinski definition) is 1. The number of anilines is 1. The number of carbonyl (C=O) groups is 2. The lowest BCUT2D eigenvalue weighted by Crippen LogP contribution is -2.44. The minimum Gasteiger partial charge on any atom is -0.491 e. The minimum atomic E-state index is -3.27. The molecule has 2 bridgehead atoms. The van der Waals surface area contributed by atoms with Crippen LogP contribution < -0.4 is 14.4 Å². The zero-order valence-corrected chi connectivity index (χ0v) is 26.9. The monoisotopic (exact) mass is 629 g/mol. The van der Waals surface area contributed by atoms with Gasteiger partial charge in [0, 0.05) is 37.2 Å². The molecular weight excluding hydrogens is 586 g/mol. The molecule has 1 saturated carbocycles. The van der Waals surface area contributed by atoms with E-state index in [0.717, 1.165) is 68.6 Å². The fourth-order valence-corrected chi connectivity index (χ4v) is 8.43. The van der Waals surface area contributed by atoms with Gasteiger partial charge < -0.3 is 14.4 Å². The second kappa shape index (κ2) is 14.4. The van der Waals surface area contributed by atoms with Crippen LogP contribution in [0.25, 0.3) is 0 Å². The Kier molecular flexibility index (Phi) is 10.7. The Morgan fingerprint density at radius 1 is 1.09 bits per heavy atom. The average Bonchev–Trinajstić information content (AvgIpc) is 3.00. The van der Waals surface area contributed by atoms with Crippen molar-refractivity contribution in [2.75, 3.05) is 30.9 Å². The van der Waals surface area contributed by atoms with Gasteiger partial charge in [0.1, 0.15) is 15.7 Å². The van der Waals surface area contributed by atoms with Gasteiger partial charge in [-0.1, -0.05) is 37.4 Å². The third-order valence-corrected chi connectivity index (χ3v) is 11.2. The van der Waals surface area contributed by atoms with Crippen LogP contribution in [0.3, 0.4) is 0 Å². The van der Waals surface area contributed by atoms with Crippen molar-refractivity contribution < 1.29 is 23.3 Å². The summed E-state index contributed by atoms with van der Waals surface area (Å²) in [5, 5.41) is 0.730. The van der Waals surface area contributed by atoms with Gasteiger partial charge in [0.2, 0.25) is 5.91 Å². The molecule has 2 aromatic rings. The number of nitrogens with one attached hydrogen (secondary N) is 1. The molecule has 0 saturated heterocycles.